The molecule has 3 rings (SSSR count). The smallest absolute Gasteiger partial charge is 0.338 e. The summed E-state index contributed by atoms with van der Waals surface area (Å²) in [6, 6.07) is 5.91. The van der Waals surface area contributed by atoms with E-state index in [1.165, 1.54) is 4.90 Å². The van der Waals surface area contributed by atoms with E-state index in [4.69, 9.17) is 4.74 Å². The largest absolute Gasteiger partial charge is 0.462 e. The first-order valence-corrected chi connectivity index (χ1v) is 10.7. The van der Waals surface area contributed by atoms with Gasteiger partial charge in [-0.25, -0.2) is 4.79 Å². The Balaban J connectivity index is 1.56. The van der Waals surface area contributed by atoms with E-state index in [2.05, 4.69) is 10.2 Å². The second-order valence-corrected chi connectivity index (χ2v) is 8.03. The average Bonchev–Trinajstić information content (AvgIpc) is 3.16. The maximum absolute atomic E-state index is 12.7. The number of benzene rings is 1. The molecule has 0 aliphatic carbocycles. The number of amides is 3. The molecule has 3 amide bonds. The third-order valence-corrected chi connectivity index (χ3v) is 5.73. The summed E-state index contributed by atoms with van der Waals surface area (Å²) in [7, 11) is 2.01. The second-order valence-electron chi connectivity index (χ2n) is 8.03. The summed E-state index contributed by atoms with van der Waals surface area (Å²) in [6.07, 6.45) is 0.0842. The molecular formula is C22H30N4O5. The third-order valence-electron chi connectivity index (χ3n) is 5.73. The minimum atomic E-state index is -0.635. The lowest BCUT2D eigenvalue weighted by atomic mass is 10.1. The standard InChI is InChI=1S/C22H30N4O5/c1-4-31-22(30)16-5-7-18(8-6-16)26-14-17(13-19(26)27)20(28)23-15(2)21(29)25-11-9-24(3)10-12-25/h5-8,15,17H,4,9-14H2,1-3H3,(H,23,28). The van der Waals surface area contributed by atoms with Crippen LogP contribution in [-0.2, 0) is 19.1 Å². The van der Waals surface area contributed by atoms with E-state index >= 15 is 0 Å². The van der Waals surface area contributed by atoms with E-state index in [0.717, 1.165) is 13.1 Å². The van der Waals surface area contributed by atoms with E-state index in [9.17, 15) is 19.2 Å². The van der Waals surface area contributed by atoms with Crippen molar-refractivity contribution in [1.29, 1.82) is 0 Å². The first-order chi connectivity index (χ1) is 14.8. The molecule has 2 unspecified atom stereocenters. The summed E-state index contributed by atoms with van der Waals surface area (Å²) < 4.78 is 4.96. The zero-order valence-electron chi connectivity index (χ0n) is 18.3. The van der Waals surface area contributed by atoms with Gasteiger partial charge in [-0.2, -0.15) is 0 Å². The van der Waals surface area contributed by atoms with Crippen molar-refractivity contribution >= 4 is 29.4 Å². The van der Waals surface area contributed by atoms with Gasteiger partial charge in [0.15, 0.2) is 0 Å². The van der Waals surface area contributed by atoms with Gasteiger partial charge in [0.05, 0.1) is 18.1 Å². The Morgan fingerprint density at radius 3 is 2.39 bits per heavy atom. The molecule has 1 aromatic rings. The van der Waals surface area contributed by atoms with E-state index < -0.39 is 17.9 Å². The molecule has 2 aliphatic rings. The van der Waals surface area contributed by atoms with Crippen molar-refractivity contribution in [3.8, 4) is 0 Å². The van der Waals surface area contributed by atoms with Gasteiger partial charge in [0.2, 0.25) is 17.7 Å². The molecule has 31 heavy (non-hydrogen) atoms. The number of nitrogens with zero attached hydrogens (tertiary/aromatic N) is 3. The molecule has 0 aromatic heterocycles. The Morgan fingerprint density at radius 2 is 1.77 bits per heavy atom. The predicted octanol–water partition coefficient (Wildman–Crippen LogP) is 0.495. The number of hydrogen-bond donors (Lipinski definition) is 1. The van der Waals surface area contributed by atoms with Crippen LogP contribution in [0.15, 0.2) is 24.3 Å². The summed E-state index contributed by atoms with van der Waals surface area (Å²) in [5.41, 5.74) is 1.03. The number of hydrogen-bond acceptors (Lipinski definition) is 6. The highest BCUT2D eigenvalue weighted by Gasteiger charge is 2.36. The lowest BCUT2D eigenvalue weighted by molar-refractivity contribution is -0.138. The molecule has 2 fully saturated rings. The first kappa shape index (κ1) is 22.7. The molecule has 2 aliphatic heterocycles. The summed E-state index contributed by atoms with van der Waals surface area (Å²) in [5, 5.41) is 2.78. The number of likely N-dealkylation sites (N-methyl/N-ethyl adjacent to an activating group) is 1. The van der Waals surface area contributed by atoms with Crippen molar-refractivity contribution in [3.05, 3.63) is 29.8 Å². The minimum Gasteiger partial charge on any atom is -0.462 e. The van der Waals surface area contributed by atoms with Crippen molar-refractivity contribution in [2.75, 3.05) is 51.3 Å². The molecule has 9 nitrogen and oxygen atoms in total. The SMILES string of the molecule is CCOC(=O)c1ccc(N2CC(C(=O)NC(C)C(=O)N3CCN(C)CC3)CC2=O)cc1. The number of piperazine rings is 1. The monoisotopic (exact) mass is 430 g/mol. The van der Waals surface area contributed by atoms with Crippen LogP contribution in [0.25, 0.3) is 0 Å². The molecule has 9 heteroatoms. The van der Waals surface area contributed by atoms with Crippen LogP contribution in [0.2, 0.25) is 0 Å². The van der Waals surface area contributed by atoms with Gasteiger partial charge < -0.3 is 24.8 Å². The molecule has 0 bridgehead atoms. The van der Waals surface area contributed by atoms with Crippen LogP contribution in [0, 0.1) is 5.92 Å². The van der Waals surface area contributed by atoms with Crippen molar-refractivity contribution in [1.82, 2.24) is 15.1 Å². The van der Waals surface area contributed by atoms with Gasteiger partial charge in [-0.15, -0.1) is 0 Å². The number of anilines is 1. The normalized spacial score (nSPS) is 20.5. The van der Waals surface area contributed by atoms with Crippen molar-refractivity contribution < 1.29 is 23.9 Å². The first-order valence-electron chi connectivity index (χ1n) is 10.7. The van der Waals surface area contributed by atoms with Crippen molar-refractivity contribution in [2.24, 2.45) is 5.92 Å². The van der Waals surface area contributed by atoms with E-state index in [1.54, 1.807) is 43.0 Å². The number of ether oxygens (including phenoxy) is 1. The number of nitrogens with one attached hydrogen (secondary N) is 1. The van der Waals surface area contributed by atoms with Gasteiger partial charge in [0.1, 0.15) is 6.04 Å². The molecule has 0 saturated carbocycles. The van der Waals surface area contributed by atoms with Gasteiger partial charge in [-0.1, -0.05) is 0 Å². The van der Waals surface area contributed by atoms with Crippen LogP contribution in [0.5, 0.6) is 0 Å². The lowest BCUT2D eigenvalue weighted by Gasteiger charge is -2.34. The summed E-state index contributed by atoms with van der Waals surface area (Å²) in [4.78, 5) is 55.0. The molecule has 168 valence electrons. The highest BCUT2D eigenvalue weighted by Crippen LogP contribution is 2.26. The maximum Gasteiger partial charge on any atom is 0.338 e. The quantitative estimate of drug-likeness (QED) is 0.660. The predicted molar refractivity (Wildman–Crippen MR) is 115 cm³/mol. The van der Waals surface area contributed by atoms with Gasteiger partial charge in [0.25, 0.3) is 0 Å². The molecule has 2 heterocycles. The number of carbonyl (C=O) groups excluding carboxylic acids is 4. The topological polar surface area (TPSA) is 99.3 Å². The maximum atomic E-state index is 12.7. The molecular weight excluding hydrogens is 400 g/mol. The zero-order valence-corrected chi connectivity index (χ0v) is 18.3. The molecule has 0 spiro atoms. The van der Waals surface area contributed by atoms with Gasteiger partial charge >= 0.3 is 5.97 Å². The Kier molecular flexibility index (Phi) is 7.27. The zero-order chi connectivity index (χ0) is 22.5. The summed E-state index contributed by atoms with van der Waals surface area (Å²) in [6.45, 7) is 6.86. The Bertz CT molecular complexity index is 833. The van der Waals surface area contributed by atoms with Crippen LogP contribution in [0.4, 0.5) is 5.69 Å². The van der Waals surface area contributed by atoms with Gasteiger partial charge in [-0.3, -0.25) is 14.4 Å². The molecule has 1 aromatic carbocycles. The number of rotatable bonds is 6. The fourth-order valence-electron chi connectivity index (χ4n) is 3.82. The van der Waals surface area contributed by atoms with Crippen molar-refractivity contribution in [2.45, 2.75) is 26.3 Å². The van der Waals surface area contributed by atoms with Crippen LogP contribution >= 0.6 is 0 Å². The molecule has 0 radical (unpaired) electrons. The second kappa shape index (κ2) is 9.91. The minimum absolute atomic E-state index is 0.0842. The molecule has 2 saturated heterocycles. The highest BCUT2D eigenvalue weighted by atomic mass is 16.5. The molecule has 1 N–H and O–H groups in total. The van der Waals surface area contributed by atoms with Crippen LogP contribution in [0.1, 0.15) is 30.6 Å². The van der Waals surface area contributed by atoms with E-state index in [1.807, 2.05) is 7.05 Å². The van der Waals surface area contributed by atoms with Crippen molar-refractivity contribution in [3.63, 3.8) is 0 Å². The fraction of sp³-hybridized carbons (Fsp3) is 0.545. The van der Waals surface area contributed by atoms with Crippen LogP contribution in [-0.4, -0.2) is 85.9 Å². The van der Waals surface area contributed by atoms with Crippen LogP contribution < -0.4 is 10.2 Å². The van der Waals surface area contributed by atoms with Gasteiger partial charge in [0, 0.05) is 44.8 Å². The summed E-state index contributed by atoms with van der Waals surface area (Å²) in [5.74, 6) is -1.51. The number of carbonyl (C=O) groups is 4. The highest BCUT2D eigenvalue weighted by molar-refractivity contribution is 6.01. The fourth-order valence-corrected chi connectivity index (χ4v) is 3.82. The van der Waals surface area contributed by atoms with Crippen LogP contribution in [0.3, 0.4) is 0 Å². The number of esters is 1. The average molecular weight is 431 g/mol. The Labute approximate surface area is 182 Å². The Morgan fingerprint density at radius 1 is 1.13 bits per heavy atom. The van der Waals surface area contributed by atoms with E-state index in [-0.39, 0.29) is 37.3 Å². The summed E-state index contributed by atoms with van der Waals surface area (Å²) >= 11 is 0. The Hall–Kier alpha value is -2.94. The third kappa shape index (κ3) is 5.41. The van der Waals surface area contributed by atoms with Gasteiger partial charge in [-0.05, 0) is 45.2 Å². The van der Waals surface area contributed by atoms with E-state index in [0.29, 0.717) is 24.3 Å². The lowest BCUT2D eigenvalue weighted by Crippen LogP contribution is -2.54. The molecule has 2 atom stereocenters.